The molecule has 0 aromatic carbocycles. The van der Waals surface area contributed by atoms with E-state index < -0.39 is 0 Å². The Morgan fingerprint density at radius 1 is 1.38 bits per heavy atom. The second-order valence-corrected chi connectivity index (χ2v) is 6.70. The van der Waals surface area contributed by atoms with Gasteiger partial charge in [-0.15, -0.1) is 10.2 Å². The summed E-state index contributed by atoms with van der Waals surface area (Å²) in [5.41, 5.74) is 0.778. The summed E-state index contributed by atoms with van der Waals surface area (Å²) in [6, 6.07) is 1.78. The molecule has 7 heteroatoms. The van der Waals surface area contributed by atoms with E-state index in [1.807, 2.05) is 6.92 Å². The van der Waals surface area contributed by atoms with Gasteiger partial charge in [0.2, 0.25) is 5.91 Å². The SMILES string of the molecule is CCCC[C@@H](CC)CNC(=O)CSc1nnc(-c2ccoc2C)o1. The quantitative estimate of drug-likeness (QED) is 0.650. The first-order chi connectivity index (χ1) is 11.6. The average Bonchev–Trinajstić information content (AvgIpc) is 3.21. The van der Waals surface area contributed by atoms with Crippen LogP contribution in [0.3, 0.4) is 0 Å². The highest BCUT2D eigenvalue weighted by molar-refractivity contribution is 7.99. The Morgan fingerprint density at radius 2 is 2.21 bits per heavy atom. The summed E-state index contributed by atoms with van der Waals surface area (Å²) in [4.78, 5) is 12.0. The van der Waals surface area contributed by atoms with Gasteiger partial charge in [-0.1, -0.05) is 44.9 Å². The van der Waals surface area contributed by atoms with E-state index in [4.69, 9.17) is 8.83 Å². The number of carbonyl (C=O) groups is 1. The van der Waals surface area contributed by atoms with Crippen LogP contribution in [0.1, 0.15) is 45.3 Å². The largest absolute Gasteiger partial charge is 0.469 e. The lowest BCUT2D eigenvalue weighted by Gasteiger charge is -2.14. The Morgan fingerprint density at radius 3 is 2.88 bits per heavy atom. The van der Waals surface area contributed by atoms with E-state index in [2.05, 4.69) is 29.4 Å². The van der Waals surface area contributed by atoms with E-state index >= 15 is 0 Å². The van der Waals surface area contributed by atoms with Crippen molar-refractivity contribution in [3.05, 3.63) is 18.1 Å². The number of nitrogens with zero attached hydrogens (tertiary/aromatic N) is 2. The zero-order valence-electron chi connectivity index (χ0n) is 14.5. The van der Waals surface area contributed by atoms with Crippen molar-refractivity contribution >= 4 is 17.7 Å². The highest BCUT2D eigenvalue weighted by Gasteiger charge is 2.15. The molecule has 1 atom stereocenters. The van der Waals surface area contributed by atoms with Crippen LogP contribution in [-0.4, -0.2) is 28.4 Å². The van der Waals surface area contributed by atoms with Gasteiger partial charge >= 0.3 is 0 Å². The third-order valence-electron chi connectivity index (χ3n) is 3.95. The Bertz CT molecular complexity index is 639. The van der Waals surface area contributed by atoms with Crippen LogP contribution in [0.25, 0.3) is 11.5 Å². The number of aryl methyl sites for hydroxylation is 1. The van der Waals surface area contributed by atoms with Crippen molar-refractivity contribution in [3.63, 3.8) is 0 Å². The summed E-state index contributed by atoms with van der Waals surface area (Å²) < 4.78 is 10.8. The number of hydrogen-bond acceptors (Lipinski definition) is 6. The molecule has 1 N–H and O–H groups in total. The van der Waals surface area contributed by atoms with Gasteiger partial charge in [-0.3, -0.25) is 4.79 Å². The Hall–Kier alpha value is -1.76. The fourth-order valence-electron chi connectivity index (χ4n) is 2.36. The maximum Gasteiger partial charge on any atom is 0.277 e. The number of aromatic nitrogens is 2. The van der Waals surface area contributed by atoms with Gasteiger partial charge in [0.05, 0.1) is 17.6 Å². The monoisotopic (exact) mass is 351 g/mol. The van der Waals surface area contributed by atoms with Crippen molar-refractivity contribution in [1.82, 2.24) is 15.5 Å². The molecule has 0 spiro atoms. The molecule has 0 aliphatic rings. The molecule has 0 saturated carbocycles. The highest BCUT2D eigenvalue weighted by atomic mass is 32.2. The van der Waals surface area contributed by atoms with Crippen LogP contribution in [-0.2, 0) is 4.79 Å². The van der Waals surface area contributed by atoms with Gasteiger partial charge in [0, 0.05) is 6.54 Å². The predicted octanol–water partition coefficient (Wildman–Crippen LogP) is 4.06. The fraction of sp³-hybridized carbons (Fsp3) is 0.588. The van der Waals surface area contributed by atoms with Crippen LogP contribution in [0.15, 0.2) is 26.4 Å². The molecule has 132 valence electrons. The summed E-state index contributed by atoms with van der Waals surface area (Å²) >= 11 is 1.25. The normalized spacial score (nSPS) is 12.3. The van der Waals surface area contributed by atoms with Gasteiger partial charge in [-0.2, -0.15) is 0 Å². The zero-order chi connectivity index (χ0) is 17.4. The number of furan rings is 1. The zero-order valence-corrected chi connectivity index (χ0v) is 15.3. The summed E-state index contributed by atoms with van der Waals surface area (Å²) in [6.45, 7) is 6.92. The summed E-state index contributed by atoms with van der Waals surface area (Å²) in [5.74, 6) is 1.96. The summed E-state index contributed by atoms with van der Waals surface area (Å²) in [7, 11) is 0. The first-order valence-electron chi connectivity index (χ1n) is 8.41. The summed E-state index contributed by atoms with van der Waals surface area (Å²) in [6.07, 6.45) is 6.23. The third kappa shape index (κ3) is 5.40. The number of nitrogens with one attached hydrogen (secondary N) is 1. The molecule has 0 radical (unpaired) electrons. The van der Waals surface area contributed by atoms with E-state index in [-0.39, 0.29) is 11.7 Å². The van der Waals surface area contributed by atoms with Gasteiger partial charge in [0.1, 0.15) is 5.76 Å². The van der Waals surface area contributed by atoms with Crippen LogP contribution in [0, 0.1) is 12.8 Å². The molecule has 6 nitrogen and oxygen atoms in total. The lowest BCUT2D eigenvalue weighted by atomic mass is 9.99. The molecular formula is C17H25N3O3S. The lowest BCUT2D eigenvalue weighted by molar-refractivity contribution is -0.118. The molecule has 2 rings (SSSR count). The average molecular weight is 351 g/mol. The maximum atomic E-state index is 12.0. The Labute approximate surface area is 146 Å². The molecule has 0 fully saturated rings. The van der Waals surface area contributed by atoms with Crippen LogP contribution >= 0.6 is 11.8 Å². The van der Waals surface area contributed by atoms with Crippen molar-refractivity contribution in [1.29, 1.82) is 0 Å². The van der Waals surface area contributed by atoms with Gasteiger partial charge in [-0.25, -0.2) is 0 Å². The van der Waals surface area contributed by atoms with E-state index in [0.717, 1.165) is 30.7 Å². The maximum absolute atomic E-state index is 12.0. The third-order valence-corrected chi connectivity index (χ3v) is 4.77. The number of hydrogen-bond donors (Lipinski definition) is 1. The number of carbonyl (C=O) groups excluding carboxylic acids is 1. The topological polar surface area (TPSA) is 81.2 Å². The predicted molar refractivity (Wildman–Crippen MR) is 93.8 cm³/mol. The molecule has 0 aliphatic heterocycles. The van der Waals surface area contributed by atoms with E-state index in [0.29, 0.717) is 17.0 Å². The molecule has 0 unspecified atom stereocenters. The minimum Gasteiger partial charge on any atom is -0.469 e. The second-order valence-electron chi connectivity index (χ2n) is 5.77. The van der Waals surface area contributed by atoms with Crippen LogP contribution in [0.5, 0.6) is 0 Å². The van der Waals surface area contributed by atoms with Crippen molar-refractivity contribution in [3.8, 4) is 11.5 Å². The highest BCUT2D eigenvalue weighted by Crippen LogP contribution is 2.26. The number of amides is 1. The minimum absolute atomic E-state index is 0.00538. The molecule has 1 amide bonds. The molecule has 0 saturated heterocycles. The first-order valence-corrected chi connectivity index (χ1v) is 9.40. The molecule has 2 heterocycles. The van der Waals surface area contributed by atoms with Crippen LogP contribution in [0.2, 0.25) is 0 Å². The van der Waals surface area contributed by atoms with E-state index in [1.165, 1.54) is 24.6 Å². The molecule has 24 heavy (non-hydrogen) atoms. The lowest BCUT2D eigenvalue weighted by Crippen LogP contribution is -2.30. The Balaban J connectivity index is 1.76. The second kappa shape index (κ2) is 9.52. The van der Waals surface area contributed by atoms with Crippen LogP contribution < -0.4 is 5.32 Å². The van der Waals surface area contributed by atoms with Crippen molar-refractivity contribution < 1.29 is 13.6 Å². The van der Waals surface area contributed by atoms with Crippen molar-refractivity contribution in [2.24, 2.45) is 5.92 Å². The molecular weight excluding hydrogens is 326 g/mol. The van der Waals surface area contributed by atoms with Gasteiger partial charge < -0.3 is 14.2 Å². The molecule has 2 aromatic rings. The summed E-state index contributed by atoms with van der Waals surface area (Å²) in [5, 5.41) is 11.3. The van der Waals surface area contributed by atoms with Crippen molar-refractivity contribution in [2.75, 3.05) is 12.3 Å². The first kappa shape index (κ1) is 18.6. The van der Waals surface area contributed by atoms with Gasteiger partial charge in [0.25, 0.3) is 11.1 Å². The molecule has 0 bridgehead atoms. The smallest absolute Gasteiger partial charge is 0.277 e. The standard InChI is InChI=1S/C17H25N3O3S/c1-4-6-7-13(5-2)10-18-15(21)11-24-17-20-19-16(23-17)14-8-9-22-12(14)3/h8-9,13H,4-7,10-11H2,1-3H3,(H,18,21)/t13-/m1/s1. The van der Waals surface area contributed by atoms with Crippen molar-refractivity contribution in [2.45, 2.75) is 51.7 Å². The van der Waals surface area contributed by atoms with E-state index in [1.54, 1.807) is 12.3 Å². The van der Waals surface area contributed by atoms with E-state index in [9.17, 15) is 4.79 Å². The Kier molecular flexibility index (Phi) is 7.36. The molecule has 0 aliphatic carbocycles. The van der Waals surface area contributed by atoms with Crippen LogP contribution in [0.4, 0.5) is 0 Å². The fourth-order valence-corrected chi connectivity index (χ4v) is 2.96. The molecule has 2 aromatic heterocycles. The minimum atomic E-state index is -0.00538. The number of thioether (sulfide) groups is 1. The van der Waals surface area contributed by atoms with Gasteiger partial charge in [0.15, 0.2) is 0 Å². The number of unbranched alkanes of at least 4 members (excludes halogenated alkanes) is 1. The number of rotatable bonds is 10. The van der Waals surface area contributed by atoms with Gasteiger partial charge in [-0.05, 0) is 25.3 Å².